The third-order valence-corrected chi connectivity index (χ3v) is 5.81. The molecule has 0 bridgehead atoms. The van der Waals surface area contributed by atoms with Gasteiger partial charge < -0.3 is 19.8 Å². The molecule has 0 spiro atoms. The highest BCUT2D eigenvalue weighted by molar-refractivity contribution is 6.05. The van der Waals surface area contributed by atoms with Gasteiger partial charge in [0.1, 0.15) is 5.75 Å². The van der Waals surface area contributed by atoms with Crippen molar-refractivity contribution in [3.05, 3.63) is 95.7 Å². The molecule has 2 N–H and O–H groups in total. The van der Waals surface area contributed by atoms with E-state index in [0.29, 0.717) is 33.6 Å². The minimum Gasteiger partial charge on any atom is -0.446 e. The molecule has 0 aliphatic rings. The van der Waals surface area contributed by atoms with Crippen molar-refractivity contribution in [2.24, 2.45) is 0 Å². The van der Waals surface area contributed by atoms with E-state index in [1.54, 1.807) is 30.3 Å². The van der Waals surface area contributed by atoms with Gasteiger partial charge in [-0.25, -0.2) is 4.98 Å². The molecule has 0 saturated carbocycles. The predicted octanol–water partition coefficient (Wildman–Crippen LogP) is 7.40. The van der Waals surface area contributed by atoms with Crippen LogP contribution < -0.4 is 15.4 Å². The molecule has 1 amide bonds. The normalized spacial score (nSPS) is 11.4. The van der Waals surface area contributed by atoms with Crippen LogP contribution in [0.25, 0.3) is 22.4 Å². The van der Waals surface area contributed by atoms with Crippen LogP contribution in [-0.2, 0) is 0 Å². The fourth-order valence-corrected chi connectivity index (χ4v) is 3.98. The molecule has 0 unspecified atom stereocenters. The average Bonchev–Trinajstić information content (AvgIpc) is 3.34. The Hall–Kier alpha value is -4.86. The Labute approximate surface area is 215 Å². The van der Waals surface area contributed by atoms with Gasteiger partial charge >= 0.3 is 6.36 Å². The fraction of sp³-hybridized carbons (Fsp3) is 0.107. The average molecular weight is 518 g/mol. The van der Waals surface area contributed by atoms with Crippen molar-refractivity contribution in [3.63, 3.8) is 0 Å². The number of hydrogen-bond acceptors (Lipinski definition) is 6. The monoisotopic (exact) mass is 518 g/mol. The van der Waals surface area contributed by atoms with Crippen molar-refractivity contribution < 1.29 is 27.1 Å². The van der Waals surface area contributed by atoms with Crippen molar-refractivity contribution in [2.75, 3.05) is 10.6 Å². The number of nitrogens with zero attached hydrogens (tertiary/aromatic N) is 2. The molecular weight excluding hydrogens is 497 g/mol. The lowest BCUT2D eigenvalue weighted by Gasteiger charge is -2.12. The minimum atomic E-state index is -4.78. The highest BCUT2D eigenvalue weighted by atomic mass is 19.4. The van der Waals surface area contributed by atoms with Gasteiger partial charge in [0.25, 0.3) is 5.91 Å². The maximum Gasteiger partial charge on any atom is 0.573 e. The number of alkyl halides is 3. The Morgan fingerprint density at radius 1 is 0.895 bits per heavy atom. The Balaban J connectivity index is 1.36. The Morgan fingerprint density at radius 2 is 1.58 bits per heavy atom. The molecule has 0 aliphatic carbocycles. The number of hydrogen-bond donors (Lipinski definition) is 2. The molecule has 10 heteroatoms. The van der Waals surface area contributed by atoms with Crippen LogP contribution in [0.4, 0.5) is 30.5 Å². The third-order valence-electron chi connectivity index (χ3n) is 5.81. The molecule has 2 aromatic heterocycles. The van der Waals surface area contributed by atoms with Crippen molar-refractivity contribution >= 4 is 34.3 Å². The number of halogens is 3. The summed E-state index contributed by atoms with van der Waals surface area (Å²) >= 11 is 0. The molecule has 7 nitrogen and oxygen atoms in total. The second-order valence-corrected chi connectivity index (χ2v) is 8.53. The summed E-state index contributed by atoms with van der Waals surface area (Å²) in [4.78, 5) is 21.7. The fourth-order valence-electron chi connectivity index (χ4n) is 3.98. The van der Waals surface area contributed by atoms with Crippen LogP contribution in [0, 0.1) is 13.8 Å². The van der Waals surface area contributed by atoms with Crippen LogP contribution in [0.15, 0.2) is 83.5 Å². The zero-order valence-electron chi connectivity index (χ0n) is 20.3. The molecule has 0 fully saturated rings. The summed E-state index contributed by atoms with van der Waals surface area (Å²) in [5.41, 5.74) is 5.15. The number of rotatable bonds is 6. The molecule has 192 valence electrons. The number of fused-ring (bicyclic) bond motifs is 1. The van der Waals surface area contributed by atoms with Gasteiger partial charge in [-0.3, -0.25) is 4.79 Å². The molecule has 0 atom stereocenters. The van der Waals surface area contributed by atoms with Crippen molar-refractivity contribution in [1.29, 1.82) is 0 Å². The SMILES string of the molecule is Cc1cccc(C)c1NC(=O)c1ccc(Nc2nc(-c3ccc(OC(F)(F)F)cc3)c3ccoc3n2)cc1. The van der Waals surface area contributed by atoms with E-state index in [9.17, 15) is 18.0 Å². The largest absolute Gasteiger partial charge is 0.573 e. The summed E-state index contributed by atoms with van der Waals surface area (Å²) in [6, 6.07) is 19.7. The van der Waals surface area contributed by atoms with Crippen LogP contribution in [0.2, 0.25) is 0 Å². The summed E-state index contributed by atoms with van der Waals surface area (Å²) < 4.78 is 46.9. The number of benzene rings is 3. The summed E-state index contributed by atoms with van der Waals surface area (Å²) in [6.07, 6.45) is -3.32. The first-order chi connectivity index (χ1) is 18.2. The molecule has 5 aromatic rings. The van der Waals surface area contributed by atoms with Gasteiger partial charge in [-0.2, -0.15) is 4.98 Å². The number of ether oxygens (including phenoxy) is 1. The van der Waals surface area contributed by atoms with Crippen LogP contribution >= 0.6 is 0 Å². The van der Waals surface area contributed by atoms with Gasteiger partial charge in [0.05, 0.1) is 17.3 Å². The number of furan rings is 1. The second-order valence-electron chi connectivity index (χ2n) is 8.53. The van der Waals surface area contributed by atoms with Gasteiger partial charge in [0.2, 0.25) is 11.7 Å². The van der Waals surface area contributed by atoms with E-state index in [0.717, 1.165) is 16.8 Å². The zero-order valence-corrected chi connectivity index (χ0v) is 20.3. The van der Waals surface area contributed by atoms with E-state index >= 15 is 0 Å². The Morgan fingerprint density at radius 3 is 2.24 bits per heavy atom. The predicted molar refractivity (Wildman–Crippen MR) is 138 cm³/mol. The van der Waals surface area contributed by atoms with E-state index in [2.05, 4.69) is 25.3 Å². The summed E-state index contributed by atoms with van der Waals surface area (Å²) in [5, 5.41) is 6.64. The maximum absolute atomic E-state index is 12.8. The highest BCUT2D eigenvalue weighted by Gasteiger charge is 2.31. The highest BCUT2D eigenvalue weighted by Crippen LogP contribution is 2.31. The smallest absolute Gasteiger partial charge is 0.446 e. The first-order valence-electron chi connectivity index (χ1n) is 11.5. The number of amides is 1. The molecular formula is C28H21F3N4O3. The third kappa shape index (κ3) is 5.44. The number of aromatic nitrogens is 2. The van der Waals surface area contributed by atoms with Crippen LogP contribution in [0.3, 0.4) is 0 Å². The standard InChI is InChI=1S/C28H21F3N4O3/c1-16-4-3-5-17(2)23(16)33-25(36)19-6-10-20(11-7-19)32-27-34-24(22-14-15-37-26(22)35-27)18-8-12-21(13-9-18)38-28(29,30)31/h3-15H,1-2H3,(H,33,36)(H,32,34,35). The lowest BCUT2D eigenvalue weighted by Crippen LogP contribution is -2.16. The van der Waals surface area contributed by atoms with E-state index in [1.165, 1.54) is 30.5 Å². The first-order valence-corrected chi connectivity index (χ1v) is 11.5. The van der Waals surface area contributed by atoms with Gasteiger partial charge in [-0.15, -0.1) is 13.2 Å². The minimum absolute atomic E-state index is 0.214. The van der Waals surface area contributed by atoms with Gasteiger partial charge in [0, 0.05) is 22.5 Å². The molecule has 3 aromatic carbocycles. The number of nitrogens with one attached hydrogen (secondary N) is 2. The summed E-state index contributed by atoms with van der Waals surface area (Å²) in [7, 11) is 0. The number of carbonyl (C=O) groups excluding carboxylic acids is 1. The van der Waals surface area contributed by atoms with Crippen molar-refractivity contribution in [2.45, 2.75) is 20.2 Å². The van der Waals surface area contributed by atoms with E-state index in [1.807, 2.05) is 32.0 Å². The van der Waals surface area contributed by atoms with E-state index in [4.69, 9.17) is 4.42 Å². The lowest BCUT2D eigenvalue weighted by molar-refractivity contribution is -0.274. The van der Waals surface area contributed by atoms with Gasteiger partial charge in [-0.1, -0.05) is 18.2 Å². The first kappa shape index (κ1) is 24.8. The topological polar surface area (TPSA) is 89.3 Å². The molecule has 0 saturated heterocycles. The summed E-state index contributed by atoms with van der Waals surface area (Å²) in [6.45, 7) is 3.87. The van der Waals surface area contributed by atoms with E-state index < -0.39 is 6.36 Å². The maximum atomic E-state index is 12.8. The van der Waals surface area contributed by atoms with Crippen LogP contribution in [0.1, 0.15) is 21.5 Å². The molecule has 5 rings (SSSR count). The molecule has 0 radical (unpaired) electrons. The Kier molecular flexibility index (Phi) is 6.46. The number of anilines is 3. The number of aryl methyl sites for hydroxylation is 2. The Bertz CT molecular complexity index is 1590. The second kappa shape index (κ2) is 9.89. The van der Waals surface area contributed by atoms with Crippen LogP contribution in [0.5, 0.6) is 5.75 Å². The quantitative estimate of drug-likeness (QED) is 0.243. The van der Waals surface area contributed by atoms with Crippen molar-refractivity contribution in [3.8, 4) is 17.0 Å². The molecule has 2 heterocycles. The van der Waals surface area contributed by atoms with E-state index in [-0.39, 0.29) is 17.6 Å². The summed E-state index contributed by atoms with van der Waals surface area (Å²) in [5.74, 6) is -0.355. The molecule has 38 heavy (non-hydrogen) atoms. The number of carbonyl (C=O) groups is 1. The van der Waals surface area contributed by atoms with Crippen LogP contribution in [-0.4, -0.2) is 22.2 Å². The molecule has 0 aliphatic heterocycles. The number of para-hydroxylation sites is 1. The zero-order chi connectivity index (χ0) is 26.9. The van der Waals surface area contributed by atoms with Crippen molar-refractivity contribution in [1.82, 2.24) is 9.97 Å². The van der Waals surface area contributed by atoms with Gasteiger partial charge in [-0.05, 0) is 79.6 Å². The van der Waals surface area contributed by atoms with Gasteiger partial charge in [0.15, 0.2) is 0 Å². The lowest BCUT2D eigenvalue weighted by atomic mass is 10.1.